The van der Waals surface area contributed by atoms with Crippen molar-refractivity contribution >= 4 is 17.6 Å². The van der Waals surface area contributed by atoms with Gasteiger partial charge in [0.15, 0.2) is 5.69 Å². The van der Waals surface area contributed by atoms with E-state index in [9.17, 15) is 9.59 Å². The van der Waals surface area contributed by atoms with Crippen LogP contribution in [0.2, 0.25) is 0 Å². The summed E-state index contributed by atoms with van der Waals surface area (Å²) in [5.41, 5.74) is 3.10. The molecule has 1 heterocycles. The lowest BCUT2D eigenvalue weighted by Gasteiger charge is -2.22. The molecule has 0 unspecified atom stereocenters. The number of hydrogen-bond donors (Lipinski definition) is 1. The minimum atomic E-state index is -0.204. The van der Waals surface area contributed by atoms with Crippen molar-refractivity contribution < 1.29 is 9.59 Å². The van der Waals surface area contributed by atoms with E-state index in [1.165, 1.54) is 0 Å². The molecule has 0 aliphatic carbocycles. The molecule has 33 heavy (non-hydrogen) atoms. The quantitative estimate of drug-likeness (QED) is 0.418. The van der Waals surface area contributed by atoms with Crippen molar-refractivity contribution in [2.24, 2.45) is 0 Å². The van der Waals surface area contributed by atoms with Crippen LogP contribution in [0.5, 0.6) is 0 Å². The normalized spacial score (nSPS) is 10.6. The molecule has 0 fully saturated rings. The first kappa shape index (κ1) is 22.0. The number of nitrogens with zero attached hydrogens (tertiary/aromatic N) is 3. The second-order valence-electron chi connectivity index (χ2n) is 7.70. The van der Waals surface area contributed by atoms with Crippen LogP contribution in [0.4, 0.5) is 5.82 Å². The molecule has 0 aliphatic heterocycles. The Morgan fingerprint density at radius 1 is 0.818 bits per heavy atom. The molecule has 3 aromatic carbocycles. The number of anilines is 1. The maximum atomic E-state index is 13.6. The van der Waals surface area contributed by atoms with Gasteiger partial charge < -0.3 is 10.2 Å². The van der Waals surface area contributed by atoms with Gasteiger partial charge in [-0.2, -0.15) is 5.10 Å². The minimum absolute atomic E-state index is 0.142. The first-order valence-corrected chi connectivity index (χ1v) is 11.0. The maximum Gasteiger partial charge on any atom is 0.275 e. The van der Waals surface area contributed by atoms with Gasteiger partial charge >= 0.3 is 0 Å². The van der Waals surface area contributed by atoms with Crippen molar-refractivity contribution in [3.8, 4) is 5.69 Å². The number of carbonyl (C=O) groups excluding carboxylic acids is 2. The molecule has 0 spiro atoms. The van der Waals surface area contributed by atoms with E-state index in [2.05, 4.69) is 10.4 Å². The van der Waals surface area contributed by atoms with Crippen LogP contribution < -0.4 is 5.32 Å². The Kier molecular flexibility index (Phi) is 6.95. The fourth-order valence-corrected chi connectivity index (χ4v) is 3.54. The maximum absolute atomic E-state index is 13.6. The summed E-state index contributed by atoms with van der Waals surface area (Å²) in [7, 11) is 0. The summed E-state index contributed by atoms with van der Waals surface area (Å²) in [6.07, 6.45) is 0.331. The predicted octanol–water partition coefficient (Wildman–Crippen LogP) is 5.06. The van der Waals surface area contributed by atoms with Crippen molar-refractivity contribution in [3.63, 3.8) is 0 Å². The Hall–Kier alpha value is -4.19. The van der Waals surface area contributed by atoms with E-state index in [0.717, 1.165) is 16.8 Å². The van der Waals surface area contributed by atoms with Crippen LogP contribution in [0.15, 0.2) is 97.1 Å². The monoisotopic (exact) mass is 438 g/mol. The second-order valence-corrected chi connectivity index (χ2v) is 7.70. The van der Waals surface area contributed by atoms with Crippen molar-refractivity contribution in [3.05, 3.63) is 114 Å². The molecule has 4 rings (SSSR count). The second kappa shape index (κ2) is 10.4. The summed E-state index contributed by atoms with van der Waals surface area (Å²) in [6, 6.07) is 30.9. The zero-order valence-corrected chi connectivity index (χ0v) is 18.5. The standard InChI is InChI=1S/C27H26N4O2/c1-2-26(32)28-25-18-24(29-31(25)23-16-10-5-11-17-23)27(33)30(19-21-12-6-3-7-13-21)20-22-14-8-4-9-15-22/h3-18H,2,19-20H2,1H3,(H,28,32). The molecule has 166 valence electrons. The Morgan fingerprint density at radius 2 is 1.33 bits per heavy atom. The Labute approximate surface area is 193 Å². The van der Waals surface area contributed by atoms with E-state index in [-0.39, 0.29) is 17.5 Å². The molecule has 6 heteroatoms. The van der Waals surface area contributed by atoms with E-state index in [1.807, 2.05) is 91.0 Å². The fourth-order valence-electron chi connectivity index (χ4n) is 3.54. The average Bonchev–Trinajstić information content (AvgIpc) is 3.28. The lowest BCUT2D eigenvalue weighted by atomic mass is 10.1. The van der Waals surface area contributed by atoms with Crippen LogP contribution in [0, 0.1) is 0 Å². The van der Waals surface area contributed by atoms with Gasteiger partial charge in [0.25, 0.3) is 5.91 Å². The van der Waals surface area contributed by atoms with Gasteiger partial charge in [-0.25, -0.2) is 4.68 Å². The first-order valence-electron chi connectivity index (χ1n) is 11.0. The van der Waals surface area contributed by atoms with Gasteiger partial charge in [0.2, 0.25) is 5.91 Å². The highest BCUT2D eigenvalue weighted by Gasteiger charge is 2.22. The van der Waals surface area contributed by atoms with Crippen LogP contribution in [-0.2, 0) is 17.9 Å². The van der Waals surface area contributed by atoms with Gasteiger partial charge in [0, 0.05) is 25.6 Å². The summed E-state index contributed by atoms with van der Waals surface area (Å²) in [4.78, 5) is 27.5. The lowest BCUT2D eigenvalue weighted by molar-refractivity contribution is -0.115. The minimum Gasteiger partial charge on any atom is -0.329 e. The highest BCUT2D eigenvalue weighted by Crippen LogP contribution is 2.20. The number of carbonyl (C=O) groups is 2. The molecule has 0 bridgehead atoms. The van der Waals surface area contributed by atoms with Crippen LogP contribution in [0.3, 0.4) is 0 Å². The molecule has 0 atom stereocenters. The Bertz CT molecular complexity index is 1160. The van der Waals surface area contributed by atoms with Crippen LogP contribution in [0.1, 0.15) is 35.0 Å². The van der Waals surface area contributed by atoms with E-state index < -0.39 is 0 Å². The zero-order chi connectivity index (χ0) is 23.0. The highest BCUT2D eigenvalue weighted by atomic mass is 16.2. The van der Waals surface area contributed by atoms with Crippen molar-refractivity contribution in [2.45, 2.75) is 26.4 Å². The third-order valence-corrected chi connectivity index (χ3v) is 5.24. The van der Waals surface area contributed by atoms with Crippen molar-refractivity contribution in [1.29, 1.82) is 0 Å². The van der Waals surface area contributed by atoms with Gasteiger partial charge in [0.05, 0.1) is 5.69 Å². The molecule has 1 N–H and O–H groups in total. The number of nitrogens with one attached hydrogen (secondary N) is 1. The predicted molar refractivity (Wildman–Crippen MR) is 129 cm³/mol. The summed E-state index contributed by atoms with van der Waals surface area (Å²) >= 11 is 0. The van der Waals surface area contributed by atoms with Crippen LogP contribution in [-0.4, -0.2) is 26.5 Å². The van der Waals surface area contributed by atoms with E-state index in [1.54, 1.807) is 22.6 Å². The first-order chi connectivity index (χ1) is 16.1. The van der Waals surface area contributed by atoms with Crippen LogP contribution in [0.25, 0.3) is 5.69 Å². The molecule has 2 amide bonds. The Balaban J connectivity index is 1.69. The Morgan fingerprint density at radius 3 is 1.85 bits per heavy atom. The molecule has 0 aliphatic rings. The van der Waals surface area contributed by atoms with Crippen LogP contribution >= 0.6 is 0 Å². The number of amides is 2. The average molecular weight is 439 g/mol. The van der Waals surface area contributed by atoms with Gasteiger partial charge in [-0.1, -0.05) is 85.8 Å². The molecule has 0 saturated heterocycles. The van der Waals surface area contributed by atoms with E-state index >= 15 is 0 Å². The number of aromatic nitrogens is 2. The zero-order valence-electron chi connectivity index (χ0n) is 18.5. The number of para-hydroxylation sites is 1. The molecule has 0 radical (unpaired) electrons. The fraction of sp³-hybridized carbons (Fsp3) is 0.148. The largest absolute Gasteiger partial charge is 0.329 e. The third kappa shape index (κ3) is 5.54. The summed E-state index contributed by atoms with van der Waals surface area (Å²) in [5, 5.41) is 7.45. The molecule has 0 saturated carbocycles. The van der Waals surface area contributed by atoms with Gasteiger partial charge in [-0.15, -0.1) is 0 Å². The van der Waals surface area contributed by atoms with E-state index in [0.29, 0.717) is 25.3 Å². The number of hydrogen-bond acceptors (Lipinski definition) is 3. The highest BCUT2D eigenvalue weighted by molar-refractivity contribution is 5.95. The van der Waals surface area contributed by atoms with Gasteiger partial charge in [-0.3, -0.25) is 9.59 Å². The smallest absolute Gasteiger partial charge is 0.275 e. The molecule has 1 aromatic heterocycles. The van der Waals surface area contributed by atoms with Gasteiger partial charge in [0.1, 0.15) is 5.82 Å². The van der Waals surface area contributed by atoms with Gasteiger partial charge in [-0.05, 0) is 23.3 Å². The SMILES string of the molecule is CCC(=O)Nc1cc(C(=O)N(Cc2ccccc2)Cc2ccccc2)nn1-c1ccccc1. The number of benzene rings is 3. The molecular weight excluding hydrogens is 412 g/mol. The van der Waals surface area contributed by atoms with Crippen molar-refractivity contribution in [1.82, 2.24) is 14.7 Å². The summed E-state index contributed by atoms with van der Waals surface area (Å²) in [6.45, 7) is 2.68. The topological polar surface area (TPSA) is 67.2 Å². The van der Waals surface area contributed by atoms with E-state index in [4.69, 9.17) is 0 Å². The summed E-state index contributed by atoms with van der Waals surface area (Å²) < 4.78 is 1.60. The summed E-state index contributed by atoms with van der Waals surface area (Å²) in [5.74, 6) is 0.122. The molecule has 6 nitrogen and oxygen atoms in total. The molecular formula is C27H26N4O2. The third-order valence-electron chi connectivity index (χ3n) is 5.24. The van der Waals surface area contributed by atoms with Crippen molar-refractivity contribution in [2.75, 3.05) is 5.32 Å². The number of rotatable bonds is 8. The lowest BCUT2D eigenvalue weighted by Crippen LogP contribution is -2.30. The molecule has 4 aromatic rings.